The molecule has 0 amide bonds. The van der Waals surface area contributed by atoms with Gasteiger partial charge in [-0.15, -0.1) is 0 Å². The van der Waals surface area contributed by atoms with Crippen molar-refractivity contribution in [2.45, 2.75) is 32.7 Å². The quantitative estimate of drug-likeness (QED) is 0.650. The molecule has 1 heterocycles. The lowest BCUT2D eigenvalue weighted by Crippen LogP contribution is -2.41. The number of nitrogens with one attached hydrogen (secondary N) is 1. The minimum atomic E-state index is 0.113. The number of hydrogen-bond acceptors (Lipinski definition) is 2. The van der Waals surface area contributed by atoms with Gasteiger partial charge in [-0.2, -0.15) is 0 Å². The highest BCUT2D eigenvalue weighted by atomic mass is 79.9. The summed E-state index contributed by atoms with van der Waals surface area (Å²) in [6.45, 7) is 5.67. The van der Waals surface area contributed by atoms with Crippen molar-refractivity contribution in [3.05, 3.63) is 28.2 Å². The first kappa shape index (κ1) is 13.4. The fourth-order valence-electron chi connectivity index (χ4n) is 2.53. The van der Waals surface area contributed by atoms with E-state index in [-0.39, 0.29) is 5.84 Å². The van der Waals surface area contributed by atoms with Crippen LogP contribution in [-0.4, -0.2) is 18.4 Å². The molecular formula is C14H20BrN3. The number of amidine groups is 1. The minimum absolute atomic E-state index is 0.113. The lowest BCUT2D eigenvalue weighted by molar-refractivity contribution is 0.390. The van der Waals surface area contributed by atoms with Crippen molar-refractivity contribution in [3.63, 3.8) is 0 Å². The molecule has 3 nitrogen and oxygen atoms in total. The fourth-order valence-corrected chi connectivity index (χ4v) is 3.14. The Labute approximate surface area is 117 Å². The number of benzene rings is 1. The van der Waals surface area contributed by atoms with E-state index in [1.165, 1.54) is 18.5 Å². The second-order valence-electron chi connectivity index (χ2n) is 5.26. The number of nitrogens with two attached hydrogens (primary N) is 1. The van der Waals surface area contributed by atoms with Gasteiger partial charge in [-0.3, -0.25) is 5.41 Å². The van der Waals surface area contributed by atoms with Gasteiger partial charge in [-0.25, -0.2) is 0 Å². The fraction of sp³-hybridized carbons (Fsp3) is 0.500. The van der Waals surface area contributed by atoms with E-state index in [9.17, 15) is 0 Å². The van der Waals surface area contributed by atoms with Crippen molar-refractivity contribution in [1.82, 2.24) is 0 Å². The largest absolute Gasteiger partial charge is 0.384 e. The van der Waals surface area contributed by atoms with Gasteiger partial charge < -0.3 is 10.6 Å². The lowest BCUT2D eigenvalue weighted by Gasteiger charge is -2.39. The molecule has 1 fully saturated rings. The number of piperidine rings is 1. The summed E-state index contributed by atoms with van der Waals surface area (Å²) >= 11 is 3.60. The normalized spacial score (nSPS) is 24.1. The maximum atomic E-state index is 7.46. The van der Waals surface area contributed by atoms with Crippen molar-refractivity contribution in [2.75, 3.05) is 11.4 Å². The molecule has 98 valence electrons. The highest BCUT2D eigenvalue weighted by molar-refractivity contribution is 9.10. The Morgan fingerprint density at radius 1 is 1.39 bits per heavy atom. The molecule has 0 saturated carbocycles. The summed E-state index contributed by atoms with van der Waals surface area (Å²) in [6.07, 6.45) is 2.54. The van der Waals surface area contributed by atoms with Gasteiger partial charge in [-0.05, 0) is 59.8 Å². The molecule has 0 aromatic heterocycles. The van der Waals surface area contributed by atoms with Crippen LogP contribution in [0.4, 0.5) is 5.69 Å². The van der Waals surface area contributed by atoms with E-state index in [4.69, 9.17) is 11.1 Å². The van der Waals surface area contributed by atoms with Gasteiger partial charge in [0.25, 0.3) is 0 Å². The van der Waals surface area contributed by atoms with Gasteiger partial charge in [-0.1, -0.05) is 6.92 Å². The maximum absolute atomic E-state index is 7.46. The summed E-state index contributed by atoms with van der Waals surface area (Å²) in [5.74, 6) is 0.850. The van der Waals surface area contributed by atoms with Crippen LogP contribution in [0.3, 0.4) is 0 Å². The lowest BCUT2D eigenvalue weighted by atomic mass is 9.94. The smallest absolute Gasteiger partial charge is 0.122 e. The molecule has 1 aromatic rings. The Morgan fingerprint density at radius 3 is 2.72 bits per heavy atom. The molecule has 0 radical (unpaired) electrons. The van der Waals surface area contributed by atoms with Crippen LogP contribution in [0.15, 0.2) is 22.7 Å². The van der Waals surface area contributed by atoms with E-state index in [1.807, 2.05) is 12.1 Å². The Bertz CT molecular complexity index is 458. The highest BCUT2D eigenvalue weighted by Gasteiger charge is 2.24. The van der Waals surface area contributed by atoms with Gasteiger partial charge in [0.15, 0.2) is 0 Å². The van der Waals surface area contributed by atoms with Crippen molar-refractivity contribution >= 4 is 27.5 Å². The number of nitrogen functional groups attached to an aromatic ring is 1. The monoisotopic (exact) mass is 309 g/mol. The third-order valence-electron chi connectivity index (χ3n) is 3.69. The van der Waals surface area contributed by atoms with Crippen molar-refractivity contribution in [2.24, 2.45) is 11.7 Å². The number of halogens is 1. The first-order chi connectivity index (χ1) is 8.49. The van der Waals surface area contributed by atoms with E-state index in [0.717, 1.165) is 22.5 Å². The third-order valence-corrected chi connectivity index (χ3v) is 4.32. The molecule has 0 bridgehead atoms. The summed E-state index contributed by atoms with van der Waals surface area (Å²) in [6, 6.07) is 6.49. The zero-order chi connectivity index (χ0) is 13.3. The van der Waals surface area contributed by atoms with Crippen LogP contribution in [0.1, 0.15) is 32.3 Å². The van der Waals surface area contributed by atoms with E-state index >= 15 is 0 Å². The molecule has 2 unspecified atom stereocenters. The Hall–Kier alpha value is -1.03. The summed E-state index contributed by atoms with van der Waals surface area (Å²) in [7, 11) is 0. The van der Waals surface area contributed by atoms with Crippen LogP contribution in [-0.2, 0) is 0 Å². The van der Waals surface area contributed by atoms with E-state index in [1.54, 1.807) is 0 Å². The number of nitrogens with zero attached hydrogens (tertiary/aromatic N) is 1. The molecule has 3 N–H and O–H groups in total. The highest BCUT2D eigenvalue weighted by Crippen LogP contribution is 2.33. The molecule has 1 aliphatic heterocycles. The average molecular weight is 310 g/mol. The molecular weight excluding hydrogens is 290 g/mol. The SMILES string of the molecule is CC1CCC(C)N(c2ccc(C(=N)N)cc2Br)C1. The topological polar surface area (TPSA) is 53.1 Å². The maximum Gasteiger partial charge on any atom is 0.122 e. The van der Waals surface area contributed by atoms with Crippen LogP contribution < -0.4 is 10.6 Å². The second-order valence-corrected chi connectivity index (χ2v) is 6.12. The van der Waals surface area contributed by atoms with Crippen LogP contribution in [0, 0.1) is 11.3 Å². The molecule has 2 rings (SSSR count). The molecule has 1 aliphatic rings. The van der Waals surface area contributed by atoms with Gasteiger partial charge in [0.2, 0.25) is 0 Å². The van der Waals surface area contributed by atoms with E-state index in [2.05, 4.69) is 40.7 Å². The summed E-state index contributed by atoms with van der Waals surface area (Å²) in [5.41, 5.74) is 7.48. The van der Waals surface area contributed by atoms with Crippen molar-refractivity contribution < 1.29 is 0 Å². The first-order valence-electron chi connectivity index (χ1n) is 6.39. The average Bonchev–Trinajstić information content (AvgIpc) is 2.32. The van der Waals surface area contributed by atoms with Crippen LogP contribution in [0.5, 0.6) is 0 Å². The third kappa shape index (κ3) is 2.69. The Morgan fingerprint density at radius 2 is 2.11 bits per heavy atom. The van der Waals surface area contributed by atoms with E-state index in [0.29, 0.717) is 6.04 Å². The molecule has 1 saturated heterocycles. The first-order valence-corrected chi connectivity index (χ1v) is 7.19. The zero-order valence-corrected chi connectivity index (χ0v) is 12.5. The Balaban J connectivity index is 2.30. The molecule has 2 atom stereocenters. The molecule has 1 aromatic carbocycles. The predicted octanol–water partition coefficient (Wildman–Crippen LogP) is 3.36. The van der Waals surface area contributed by atoms with Crippen LogP contribution >= 0.6 is 15.9 Å². The second kappa shape index (κ2) is 5.31. The molecule has 18 heavy (non-hydrogen) atoms. The van der Waals surface area contributed by atoms with E-state index < -0.39 is 0 Å². The summed E-state index contributed by atoms with van der Waals surface area (Å²) < 4.78 is 1.02. The predicted molar refractivity (Wildman–Crippen MR) is 80.4 cm³/mol. The number of anilines is 1. The Kier molecular flexibility index (Phi) is 3.95. The van der Waals surface area contributed by atoms with Gasteiger partial charge in [0, 0.05) is 22.6 Å². The van der Waals surface area contributed by atoms with Gasteiger partial charge in [0.1, 0.15) is 5.84 Å². The van der Waals surface area contributed by atoms with Gasteiger partial charge >= 0.3 is 0 Å². The number of rotatable bonds is 2. The molecule has 0 aliphatic carbocycles. The minimum Gasteiger partial charge on any atom is -0.384 e. The van der Waals surface area contributed by atoms with Crippen LogP contribution in [0.2, 0.25) is 0 Å². The standard InChI is InChI=1S/C14H20BrN3/c1-9-3-4-10(2)18(8-9)13-6-5-11(14(16)17)7-12(13)15/h5-7,9-10H,3-4,8H2,1-2H3,(H3,16,17). The van der Waals surface area contributed by atoms with Crippen LogP contribution in [0.25, 0.3) is 0 Å². The zero-order valence-electron chi connectivity index (χ0n) is 10.9. The molecule has 0 spiro atoms. The summed E-state index contributed by atoms with van der Waals surface area (Å²) in [5, 5.41) is 7.46. The van der Waals surface area contributed by atoms with Crippen molar-refractivity contribution in [3.8, 4) is 0 Å². The van der Waals surface area contributed by atoms with Crippen molar-refractivity contribution in [1.29, 1.82) is 5.41 Å². The molecule has 4 heteroatoms. The van der Waals surface area contributed by atoms with Gasteiger partial charge in [0.05, 0.1) is 5.69 Å². The summed E-state index contributed by atoms with van der Waals surface area (Å²) in [4.78, 5) is 2.45. The number of hydrogen-bond donors (Lipinski definition) is 2.